The maximum absolute atomic E-state index is 12.4. The second kappa shape index (κ2) is 4.91. The van der Waals surface area contributed by atoms with Crippen LogP contribution in [0.4, 0.5) is 13.2 Å². The van der Waals surface area contributed by atoms with Crippen molar-refractivity contribution in [3.05, 3.63) is 32.2 Å². The summed E-state index contributed by atoms with van der Waals surface area (Å²) in [7, 11) is 0. The lowest BCUT2D eigenvalue weighted by Crippen LogP contribution is -2.30. The molecular formula is C9H8BrF3N2O2. The molecule has 0 radical (unpaired) electrons. The minimum Gasteiger partial charge on any atom is -0.352 e. The van der Waals surface area contributed by atoms with Gasteiger partial charge in [-0.15, -0.1) is 0 Å². The lowest BCUT2D eigenvalue weighted by Gasteiger charge is -2.09. The summed E-state index contributed by atoms with van der Waals surface area (Å²) in [6.45, 7) is 1.90. The lowest BCUT2D eigenvalue weighted by atomic mass is 10.2. The molecule has 1 rings (SSSR count). The Morgan fingerprint density at radius 1 is 1.53 bits per heavy atom. The molecule has 1 amide bonds. The fourth-order valence-corrected chi connectivity index (χ4v) is 1.69. The van der Waals surface area contributed by atoms with Gasteiger partial charge in [0.15, 0.2) is 0 Å². The molecule has 0 saturated heterocycles. The van der Waals surface area contributed by atoms with Crippen LogP contribution in [0.3, 0.4) is 0 Å². The molecule has 0 atom stereocenters. The van der Waals surface area contributed by atoms with Crippen LogP contribution >= 0.6 is 15.9 Å². The van der Waals surface area contributed by atoms with Gasteiger partial charge in [-0.1, -0.05) is 0 Å². The Labute approximate surface area is 102 Å². The van der Waals surface area contributed by atoms with Crippen LogP contribution in [-0.2, 0) is 6.18 Å². The fraction of sp³-hybridized carbons (Fsp3) is 0.333. The van der Waals surface area contributed by atoms with Crippen LogP contribution in [-0.4, -0.2) is 17.4 Å². The molecule has 1 aromatic rings. The van der Waals surface area contributed by atoms with Gasteiger partial charge in [-0.3, -0.25) is 9.59 Å². The lowest BCUT2D eigenvalue weighted by molar-refractivity contribution is -0.142. The summed E-state index contributed by atoms with van der Waals surface area (Å²) < 4.78 is 36.8. The van der Waals surface area contributed by atoms with Crippen molar-refractivity contribution in [3.8, 4) is 0 Å². The molecule has 0 aliphatic heterocycles. The van der Waals surface area contributed by atoms with Gasteiger partial charge in [0.2, 0.25) is 0 Å². The van der Waals surface area contributed by atoms with E-state index in [1.807, 2.05) is 0 Å². The van der Waals surface area contributed by atoms with Gasteiger partial charge in [0.05, 0.1) is 0 Å². The molecule has 0 saturated carbocycles. The molecule has 0 spiro atoms. The van der Waals surface area contributed by atoms with E-state index < -0.39 is 23.3 Å². The van der Waals surface area contributed by atoms with Gasteiger partial charge < -0.3 is 10.3 Å². The topological polar surface area (TPSA) is 62.0 Å². The number of halogens is 4. The largest absolute Gasteiger partial charge is 0.432 e. The molecule has 1 aromatic heterocycles. The van der Waals surface area contributed by atoms with Gasteiger partial charge >= 0.3 is 6.18 Å². The number of carbonyl (C=O) groups is 1. The molecule has 0 aromatic carbocycles. The standard InChI is InChI=1S/C9H8BrF3N2O2/c1-2-14-7(16)4-3-5(10)6(9(11,12)13)15-8(4)17/h3H,2H2,1H3,(H,14,16)(H,15,17). The smallest absolute Gasteiger partial charge is 0.352 e. The maximum Gasteiger partial charge on any atom is 0.432 e. The van der Waals surface area contributed by atoms with Gasteiger partial charge in [-0.25, -0.2) is 0 Å². The van der Waals surface area contributed by atoms with E-state index >= 15 is 0 Å². The molecule has 17 heavy (non-hydrogen) atoms. The van der Waals surface area contributed by atoms with E-state index in [4.69, 9.17) is 0 Å². The zero-order valence-corrected chi connectivity index (χ0v) is 10.2. The first-order chi connectivity index (χ1) is 7.77. The summed E-state index contributed by atoms with van der Waals surface area (Å²) >= 11 is 2.67. The van der Waals surface area contributed by atoms with E-state index in [2.05, 4.69) is 21.2 Å². The number of nitrogens with one attached hydrogen (secondary N) is 2. The minimum atomic E-state index is -4.68. The summed E-state index contributed by atoms with van der Waals surface area (Å²) in [6.07, 6.45) is -4.68. The summed E-state index contributed by atoms with van der Waals surface area (Å²) in [4.78, 5) is 24.3. The monoisotopic (exact) mass is 312 g/mol. The highest BCUT2D eigenvalue weighted by Gasteiger charge is 2.35. The quantitative estimate of drug-likeness (QED) is 0.876. The number of alkyl halides is 3. The van der Waals surface area contributed by atoms with E-state index in [0.717, 1.165) is 6.07 Å². The van der Waals surface area contributed by atoms with E-state index in [1.165, 1.54) is 0 Å². The van der Waals surface area contributed by atoms with Gasteiger partial charge in [0, 0.05) is 11.0 Å². The van der Waals surface area contributed by atoms with Crippen LogP contribution in [0.5, 0.6) is 0 Å². The third kappa shape index (κ3) is 3.09. The third-order valence-corrected chi connectivity index (χ3v) is 2.48. The molecule has 8 heteroatoms. The van der Waals surface area contributed by atoms with Crippen LogP contribution in [0.2, 0.25) is 0 Å². The van der Waals surface area contributed by atoms with Gasteiger partial charge in [-0.05, 0) is 28.9 Å². The van der Waals surface area contributed by atoms with E-state index in [9.17, 15) is 22.8 Å². The van der Waals surface area contributed by atoms with Crippen LogP contribution in [0.25, 0.3) is 0 Å². The zero-order chi connectivity index (χ0) is 13.2. The predicted octanol–water partition coefficient (Wildman–Crippen LogP) is 1.91. The van der Waals surface area contributed by atoms with E-state index in [1.54, 1.807) is 11.9 Å². The molecule has 1 heterocycles. The molecule has 0 fully saturated rings. The predicted molar refractivity (Wildman–Crippen MR) is 57.8 cm³/mol. The average molecular weight is 313 g/mol. The Hall–Kier alpha value is -1.31. The summed E-state index contributed by atoms with van der Waals surface area (Å²) in [5.41, 5.74) is -2.66. The number of aromatic nitrogens is 1. The SMILES string of the molecule is CCNC(=O)c1cc(Br)c(C(F)(F)F)[nH]c1=O. The highest BCUT2D eigenvalue weighted by atomic mass is 79.9. The first kappa shape index (κ1) is 13.8. The molecule has 94 valence electrons. The number of pyridine rings is 1. The van der Waals surface area contributed by atoms with Gasteiger partial charge in [0.25, 0.3) is 11.5 Å². The Morgan fingerprint density at radius 3 is 2.59 bits per heavy atom. The third-order valence-electron chi connectivity index (χ3n) is 1.86. The highest BCUT2D eigenvalue weighted by molar-refractivity contribution is 9.10. The Kier molecular flexibility index (Phi) is 3.97. The number of aromatic amines is 1. The van der Waals surface area contributed by atoms with Crippen molar-refractivity contribution in [2.24, 2.45) is 0 Å². The molecule has 0 aliphatic rings. The Bertz CT molecular complexity index is 496. The second-order valence-corrected chi connectivity index (χ2v) is 3.95. The number of hydrogen-bond donors (Lipinski definition) is 2. The Morgan fingerprint density at radius 2 is 2.12 bits per heavy atom. The van der Waals surface area contributed by atoms with E-state index in [-0.39, 0.29) is 16.6 Å². The van der Waals surface area contributed by atoms with Crippen molar-refractivity contribution in [3.63, 3.8) is 0 Å². The average Bonchev–Trinajstić information content (AvgIpc) is 2.19. The van der Waals surface area contributed by atoms with Crippen molar-refractivity contribution in [1.29, 1.82) is 0 Å². The van der Waals surface area contributed by atoms with Crippen LogP contribution < -0.4 is 10.9 Å². The Balaban J connectivity index is 3.29. The van der Waals surface area contributed by atoms with Crippen molar-refractivity contribution in [2.75, 3.05) is 6.54 Å². The first-order valence-electron chi connectivity index (χ1n) is 4.55. The number of rotatable bonds is 2. The van der Waals surface area contributed by atoms with Gasteiger partial charge in [0.1, 0.15) is 11.3 Å². The highest BCUT2D eigenvalue weighted by Crippen LogP contribution is 2.32. The maximum atomic E-state index is 12.4. The second-order valence-electron chi connectivity index (χ2n) is 3.09. The van der Waals surface area contributed by atoms with Crippen molar-refractivity contribution >= 4 is 21.8 Å². The molecule has 0 unspecified atom stereocenters. The minimum absolute atomic E-state index is 0.275. The molecule has 2 N–H and O–H groups in total. The van der Waals surface area contributed by atoms with Gasteiger partial charge in [-0.2, -0.15) is 13.2 Å². The molecular weight excluding hydrogens is 305 g/mol. The number of carbonyl (C=O) groups excluding carboxylic acids is 1. The molecule has 0 bridgehead atoms. The number of hydrogen-bond acceptors (Lipinski definition) is 2. The van der Waals surface area contributed by atoms with Crippen LogP contribution in [0.1, 0.15) is 23.0 Å². The summed E-state index contributed by atoms with van der Waals surface area (Å²) in [6, 6.07) is 0.854. The first-order valence-corrected chi connectivity index (χ1v) is 5.35. The fourth-order valence-electron chi connectivity index (χ4n) is 1.14. The molecule has 0 aliphatic carbocycles. The number of H-pyrrole nitrogens is 1. The molecule has 4 nitrogen and oxygen atoms in total. The van der Waals surface area contributed by atoms with Crippen LogP contribution in [0, 0.1) is 0 Å². The van der Waals surface area contributed by atoms with Crippen molar-refractivity contribution in [1.82, 2.24) is 10.3 Å². The van der Waals surface area contributed by atoms with E-state index in [0.29, 0.717) is 0 Å². The van der Waals surface area contributed by atoms with Crippen molar-refractivity contribution < 1.29 is 18.0 Å². The van der Waals surface area contributed by atoms with Crippen LogP contribution in [0.15, 0.2) is 15.3 Å². The summed E-state index contributed by atoms with van der Waals surface area (Å²) in [5.74, 6) is -0.719. The summed E-state index contributed by atoms with van der Waals surface area (Å²) in [5, 5.41) is 2.33. The number of amides is 1. The zero-order valence-electron chi connectivity index (χ0n) is 8.61. The normalized spacial score (nSPS) is 11.4. The van der Waals surface area contributed by atoms with Crippen molar-refractivity contribution in [2.45, 2.75) is 13.1 Å².